The van der Waals surface area contributed by atoms with Crippen molar-refractivity contribution in [2.45, 2.75) is 6.04 Å². The Bertz CT molecular complexity index is 573. The number of aromatic nitrogens is 1. The fourth-order valence-electron chi connectivity index (χ4n) is 2.45. The number of aryl methyl sites for hydroxylation is 1. The van der Waals surface area contributed by atoms with Crippen LogP contribution in [0.2, 0.25) is 0 Å². The van der Waals surface area contributed by atoms with Gasteiger partial charge in [0.25, 0.3) is 0 Å². The van der Waals surface area contributed by atoms with Crippen LogP contribution < -0.4 is 10.6 Å². The van der Waals surface area contributed by atoms with E-state index in [0.717, 1.165) is 23.0 Å². The number of amides is 1. The van der Waals surface area contributed by atoms with E-state index in [-0.39, 0.29) is 11.9 Å². The molecule has 1 fully saturated rings. The zero-order valence-corrected chi connectivity index (χ0v) is 9.73. The van der Waals surface area contributed by atoms with Crippen LogP contribution in [0.5, 0.6) is 0 Å². The Kier molecular flexibility index (Phi) is 2.37. The van der Waals surface area contributed by atoms with Crippen molar-refractivity contribution in [2.24, 2.45) is 7.05 Å². The molecule has 0 saturated carbocycles. The number of benzene rings is 1. The molecule has 1 aromatic heterocycles. The quantitative estimate of drug-likeness (QED) is 0.764. The molecule has 0 radical (unpaired) electrons. The summed E-state index contributed by atoms with van der Waals surface area (Å²) in [6, 6.07) is 7.93. The van der Waals surface area contributed by atoms with Crippen LogP contribution >= 0.6 is 0 Å². The average Bonchev–Trinajstić information content (AvgIpc) is 2.68. The third-order valence-corrected chi connectivity index (χ3v) is 3.27. The van der Waals surface area contributed by atoms with Crippen LogP contribution in [0.15, 0.2) is 30.5 Å². The number of fused-ring (bicyclic) bond motifs is 1. The molecule has 1 aliphatic heterocycles. The van der Waals surface area contributed by atoms with Crippen molar-refractivity contribution >= 4 is 16.8 Å². The standard InChI is InChI=1S/C13H15N3O/c1-16-8-10(9-4-2-3-5-11(9)16)12-13(17)15-7-6-14-12/h2-5,8,12,14H,6-7H2,1H3,(H,15,17)/t12-/m0/s1. The number of rotatable bonds is 1. The first-order chi connectivity index (χ1) is 8.27. The lowest BCUT2D eigenvalue weighted by molar-refractivity contribution is -0.124. The van der Waals surface area contributed by atoms with Crippen molar-refractivity contribution in [3.63, 3.8) is 0 Å². The van der Waals surface area contributed by atoms with Crippen molar-refractivity contribution in [1.29, 1.82) is 0 Å². The molecule has 1 amide bonds. The van der Waals surface area contributed by atoms with Gasteiger partial charge < -0.3 is 15.2 Å². The van der Waals surface area contributed by atoms with Crippen molar-refractivity contribution in [1.82, 2.24) is 15.2 Å². The van der Waals surface area contributed by atoms with Crippen LogP contribution in [0, 0.1) is 0 Å². The molecule has 2 aromatic rings. The summed E-state index contributed by atoms with van der Waals surface area (Å²) in [5.74, 6) is 0.0626. The van der Waals surface area contributed by atoms with E-state index in [1.807, 2.05) is 25.4 Å². The average molecular weight is 229 g/mol. The third-order valence-electron chi connectivity index (χ3n) is 3.27. The lowest BCUT2D eigenvalue weighted by Gasteiger charge is -2.23. The zero-order chi connectivity index (χ0) is 11.8. The maximum atomic E-state index is 11.9. The summed E-state index contributed by atoms with van der Waals surface area (Å²) >= 11 is 0. The maximum Gasteiger partial charge on any atom is 0.241 e. The topological polar surface area (TPSA) is 46.1 Å². The van der Waals surface area contributed by atoms with E-state index in [0.29, 0.717) is 6.54 Å². The van der Waals surface area contributed by atoms with Gasteiger partial charge in [-0.25, -0.2) is 0 Å². The number of nitrogens with zero attached hydrogens (tertiary/aromatic N) is 1. The highest BCUT2D eigenvalue weighted by Gasteiger charge is 2.25. The molecule has 88 valence electrons. The number of piperazine rings is 1. The molecule has 1 aromatic carbocycles. The minimum Gasteiger partial charge on any atom is -0.353 e. The molecule has 2 N–H and O–H groups in total. The normalized spacial score (nSPS) is 20.5. The summed E-state index contributed by atoms with van der Waals surface area (Å²) in [7, 11) is 2.01. The summed E-state index contributed by atoms with van der Waals surface area (Å²) in [5, 5.41) is 7.30. The van der Waals surface area contributed by atoms with E-state index < -0.39 is 0 Å². The summed E-state index contributed by atoms with van der Waals surface area (Å²) in [4.78, 5) is 11.9. The molecule has 0 unspecified atom stereocenters. The van der Waals surface area contributed by atoms with E-state index >= 15 is 0 Å². The summed E-state index contributed by atoms with van der Waals surface area (Å²) in [5.41, 5.74) is 2.21. The van der Waals surface area contributed by atoms with Crippen LogP contribution in [-0.4, -0.2) is 23.6 Å². The fraction of sp³-hybridized carbons (Fsp3) is 0.308. The maximum absolute atomic E-state index is 11.9. The van der Waals surface area contributed by atoms with Crippen LogP contribution in [0.25, 0.3) is 10.9 Å². The molecule has 0 bridgehead atoms. The second-order valence-corrected chi connectivity index (χ2v) is 4.39. The van der Waals surface area contributed by atoms with Gasteiger partial charge in [0.05, 0.1) is 0 Å². The first-order valence-electron chi connectivity index (χ1n) is 5.82. The molecular formula is C13H15N3O. The monoisotopic (exact) mass is 229 g/mol. The molecule has 17 heavy (non-hydrogen) atoms. The molecule has 3 rings (SSSR count). The number of hydrogen-bond donors (Lipinski definition) is 2. The summed E-state index contributed by atoms with van der Waals surface area (Å²) in [6.07, 6.45) is 2.03. The molecular weight excluding hydrogens is 214 g/mol. The highest BCUT2D eigenvalue weighted by molar-refractivity contribution is 5.92. The summed E-state index contributed by atoms with van der Waals surface area (Å²) in [6.45, 7) is 1.53. The van der Waals surface area contributed by atoms with E-state index in [9.17, 15) is 4.79 Å². The molecule has 1 aliphatic rings. The smallest absolute Gasteiger partial charge is 0.241 e. The van der Waals surface area contributed by atoms with E-state index in [1.54, 1.807) is 0 Å². The molecule has 4 heteroatoms. The van der Waals surface area contributed by atoms with Gasteiger partial charge in [-0.1, -0.05) is 18.2 Å². The first kappa shape index (κ1) is 10.4. The molecule has 0 aliphatic carbocycles. The van der Waals surface area contributed by atoms with Gasteiger partial charge in [-0.3, -0.25) is 4.79 Å². The second kappa shape index (κ2) is 3.89. The van der Waals surface area contributed by atoms with Crippen LogP contribution in [0.4, 0.5) is 0 Å². The minimum atomic E-state index is -0.227. The van der Waals surface area contributed by atoms with Crippen LogP contribution in [-0.2, 0) is 11.8 Å². The van der Waals surface area contributed by atoms with Crippen LogP contribution in [0.3, 0.4) is 0 Å². The van der Waals surface area contributed by atoms with Gasteiger partial charge in [0.1, 0.15) is 6.04 Å². The zero-order valence-electron chi connectivity index (χ0n) is 9.73. The number of para-hydroxylation sites is 1. The number of nitrogens with one attached hydrogen (secondary N) is 2. The Hall–Kier alpha value is -1.81. The highest BCUT2D eigenvalue weighted by Crippen LogP contribution is 2.26. The van der Waals surface area contributed by atoms with E-state index in [4.69, 9.17) is 0 Å². The van der Waals surface area contributed by atoms with Gasteiger partial charge in [0, 0.05) is 42.8 Å². The molecule has 1 atom stereocenters. The largest absolute Gasteiger partial charge is 0.353 e. The van der Waals surface area contributed by atoms with Crippen molar-refractivity contribution in [2.75, 3.05) is 13.1 Å². The number of hydrogen-bond acceptors (Lipinski definition) is 2. The molecule has 4 nitrogen and oxygen atoms in total. The van der Waals surface area contributed by atoms with Gasteiger partial charge in [0.2, 0.25) is 5.91 Å². The van der Waals surface area contributed by atoms with Crippen molar-refractivity contribution in [3.8, 4) is 0 Å². The Morgan fingerprint density at radius 3 is 2.94 bits per heavy atom. The minimum absolute atomic E-state index is 0.0626. The SMILES string of the molecule is Cn1cc([C@@H]2NCCNC2=O)c2ccccc21. The number of carbonyl (C=O) groups is 1. The van der Waals surface area contributed by atoms with E-state index in [2.05, 4.69) is 27.3 Å². The molecule has 1 saturated heterocycles. The number of carbonyl (C=O) groups excluding carboxylic acids is 1. The van der Waals surface area contributed by atoms with Crippen molar-refractivity contribution < 1.29 is 4.79 Å². The Morgan fingerprint density at radius 2 is 2.12 bits per heavy atom. The summed E-state index contributed by atoms with van der Waals surface area (Å²) < 4.78 is 2.06. The van der Waals surface area contributed by atoms with Crippen molar-refractivity contribution in [3.05, 3.63) is 36.0 Å². The van der Waals surface area contributed by atoms with Gasteiger partial charge >= 0.3 is 0 Å². The molecule has 0 spiro atoms. The van der Waals surface area contributed by atoms with Gasteiger partial charge in [-0.2, -0.15) is 0 Å². The molecule has 2 heterocycles. The van der Waals surface area contributed by atoms with Gasteiger partial charge in [-0.05, 0) is 6.07 Å². The van der Waals surface area contributed by atoms with Gasteiger partial charge in [0.15, 0.2) is 0 Å². The predicted molar refractivity (Wildman–Crippen MR) is 66.7 cm³/mol. The highest BCUT2D eigenvalue weighted by atomic mass is 16.2. The Balaban J connectivity index is 2.13. The van der Waals surface area contributed by atoms with Crippen LogP contribution in [0.1, 0.15) is 11.6 Å². The van der Waals surface area contributed by atoms with E-state index in [1.165, 1.54) is 0 Å². The lowest BCUT2D eigenvalue weighted by Crippen LogP contribution is -2.47. The second-order valence-electron chi connectivity index (χ2n) is 4.39. The Morgan fingerprint density at radius 1 is 1.29 bits per heavy atom. The third kappa shape index (κ3) is 1.61. The fourth-order valence-corrected chi connectivity index (χ4v) is 2.45. The lowest BCUT2D eigenvalue weighted by atomic mass is 10.0. The Labute approximate surface area is 99.6 Å². The van der Waals surface area contributed by atoms with Gasteiger partial charge in [-0.15, -0.1) is 0 Å². The first-order valence-corrected chi connectivity index (χ1v) is 5.82. The predicted octanol–water partition coefficient (Wildman–Crippen LogP) is 0.939.